The van der Waals surface area contributed by atoms with E-state index in [4.69, 9.17) is 5.73 Å². The lowest BCUT2D eigenvalue weighted by atomic mass is 9.93. The summed E-state index contributed by atoms with van der Waals surface area (Å²) < 4.78 is 1.69. The molecular formula is C17H21N9O2. The standard InChI is InChI=1S/C17H21N9O2/c1-4-5-25-13(14(27)9(3)23-25)16-20-17(22-21-16)26-11-7-19-8(2)6-10(11)12(24-26)15(18)28/h6-7,10-11,27H,4-5H2,1-3H3,(H2,18,28)(H,20,21,22). The van der Waals surface area contributed by atoms with E-state index < -0.39 is 5.91 Å². The first-order valence-electron chi connectivity index (χ1n) is 9.00. The van der Waals surface area contributed by atoms with Crippen LogP contribution in [0.2, 0.25) is 0 Å². The highest BCUT2D eigenvalue weighted by Crippen LogP contribution is 2.33. The van der Waals surface area contributed by atoms with Crippen LogP contribution in [0.1, 0.15) is 26.0 Å². The molecule has 0 bridgehead atoms. The number of aromatic amines is 1. The summed E-state index contributed by atoms with van der Waals surface area (Å²) >= 11 is 0. The number of amides is 1. The minimum absolute atomic E-state index is 0.0505. The Morgan fingerprint density at radius 3 is 2.89 bits per heavy atom. The van der Waals surface area contributed by atoms with Gasteiger partial charge in [0.25, 0.3) is 11.9 Å². The van der Waals surface area contributed by atoms with Gasteiger partial charge >= 0.3 is 0 Å². The number of rotatable bonds is 5. The Hall–Kier alpha value is -3.50. The van der Waals surface area contributed by atoms with Gasteiger partial charge in [-0.15, -0.1) is 5.10 Å². The number of aromatic nitrogens is 5. The molecule has 4 N–H and O–H groups in total. The number of carbonyl (C=O) groups is 1. The van der Waals surface area contributed by atoms with Crippen LogP contribution in [0.15, 0.2) is 21.9 Å². The van der Waals surface area contributed by atoms with Gasteiger partial charge < -0.3 is 10.8 Å². The largest absolute Gasteiger partial charge is 0.504 e. The molecule has 0 saturated heterocycles. The zero-order valence-corrected chi connectivity index (χ0v) is 15.8. The van der Waals surface area contributed by atoms with Crippen LogP contribution in [-0.4, -0.2) is 53.9 Å². The summed E-state index contributed by atoms with van der Waals surface area (Å²) in [7, 11) is 0. The number of nitrogens with zero attached hydrogens (tertiary/aromatic N) is 7. The van der Waals surface area contributed by atoms with E-state index in [2.05, 4.69) is 30.4 Å². The van der Waals surface area contributed by atoms with Gasteiger partial charge in [0.15, 0.2) is 11.6 Å². The SMILES string of the molecule is CCCn1nc(C)c(O)c1-c1nc(N2N=C(C(N)=O)C3C=C(C)N=CC32)n[nH]1. The topological polar surface area (TPSA) is 151 Å². The molecule has 0 aromatic carbocycles. The summed E-state index contributed by atoms with van der Waals surface area (Å²) in [5.41, 5.74) is 7.49. The van der Waals surface area contributed by atoms with Crippen LogP contribution in [0.25, 0.3) is 11.5 Å². The van der Waals surface area contributed by atoms with Gasteiger partial charge in [0.2, 0.25) is 0 Å². The Bertz CT molecular complexity index is 1030. The third-order valence-electron chi connectivity index (χ3n) is 4.72. The Kier molecular flexibility index (Phi) is 4.21. The number of hydrazone groups is 1. The molecule has 0 spiro atoms. The molecule has 0 radical (unpaired) electrons. The molecule has 1 amide bonds. The van der Waals surface area contributed by atoms with Gasteiger partial charge in [-0.3, -0.25) is 19.6 Å². The number of allylic oxidation sites excluding steroid dienone is 1. The molecule has 2 aromatic heterocycles. The molecule has 2 atom stereocenters. The van der Waals surface area contributed by atoms with Gasteiger partial charge in [-0.1, -0.05) is 13.0 Å². The first-order chi connectivity index (χ1) is 13.4. The van der Waals surface area contributed by atoms with Crippen LogP contribution in [-0.2, 0) is 11.3 Å². The first-order valence-corrected chi connectivity index (χ1v) is 9.00. The molecule has 2 aromatic rings. The lowest BCUT2D eigenvalue weighted by Gasteiger charge is -2.22. The summed E-state index contributed by atoms with van der Waals surface area (Å²) in [6.07, 6.45) is 4.41. The van der Waals surface area contributed by atoms with E-state index in [1.54, 1.807) is 17.8 Å². The van der Waals surface area contributed by atoms with Gasteiger partial charge in [0.05, 0.1) is 5.92 Å². The zero-order chi connectivity index (χ0) is 20.0. The summed E-state index contributed by atoms with van der Waals surface area (Å²) in [5.74, 6) is -0.239. The molecule has 0 saturated carbocycles. The highest BCUT2D eigenvalue weighted by Gasteiger charge is 2.41. The monoisotopic (exact) mass is 383 g/mol. The number of hydrogen-bond acceptors (Lipinski definition) is 8. The molecule has 146 valence electrons. The molecule has 2 unspecified atom stereocenters. The van der Waals surface area contributed by atoms with Crippen molar-refractivity contribution >= 4 is 23.8 Å². The van der Waals surface area contributed by atoms with Crippen molar-refractivity contribution in [3.63, 3.8) is 0 Å². The molecule has 0 fully saturated rings. The predicted molar refractivity (Wildman–Crippen MR) is 103 cm³/mol. The molecular weight excluding hydrogens is 362 g/mol. The first kappa shape index (κ1) is 17.9. The number of primary amides is 1. The maximum absolute atomic E-state index is 11.8. The van der Waals surface area contributed by atoms with Gasteiger partial charge in [-0.25, -0.2) is 5.01 Å². The second kappa shape index (κ2) is 6.59. The number of carbonyl (C=O) groups excluding carboxylic acids is 1. The van der Waals surface area contributed by atoms with Crippen molar-refractivity contribution in [3.05, 3.63) is 17.5 Å². The molecule has 2 aliphatic rings. The number of aromatic hydroxyl groups is 1. The average Bonchev–Trinajstić information content (AvgIpc) is 3.32. The Morgan fingerprint density at radius 1 is 1.39 bits per heavy atom. The van der Waals surface area contributed by atoms with Crippen molar-refractivity contribution in [2.45, 2.75) is 39.8 Å². The number of aliphatic imine (C=N–C) groups is 1. The van der Waals surface area contributed by atoms with E-state index in [9.17, 15) is 9.90 Å². The summed E-state index contributed by atoms with van der Waals surface area (Å²) in [4.78, 5) is 20.6. The van der Waals surface area contributed by atoms with E-state index in [-0.39, 0.29) is 29.4 Å². The Labute approximate surface area is 160 Å². The van der Waals surface area contributed by atoms with Crippen molar-refractivity contribution in [3.8, 4) is 17.3 Å². The second-order valence-electron chi connectivity index (χ2n) is 6.79. The summed E-state index contributed by atoms with van der Waals surface area (Å²) in [6, 6.07) is -0.342. The lowest BCUT2D eigenvalue weighted by molar-refractivity contribution is -0.112. The van der Waals surface area contributed by atoms with E-state index >= 15 is 0 Å². The molecule has 11 nitrogen and oxygen atoms in total. The minimum atomic E-state index is -0.595. The second-order valence-corrected chi connectivity index (χ2v) is 6.79. The van der Waals surface area contributed by atoms with Crippen LogP contribution < -0.4 is 10.7 Å². The predicted octanol–water partition coefficient (Wildman–Crippen LogP) is 0.727. The van der Waals surface area contributed by atoms with E-state index in [0.29, 0.717) is 23.8 Å². The van der Waals surface area contributed by atoms with E-state index in [0.717, 1.165) is 12.1 Å². The molecule has 28 heavy (non-hydrogen) atoms. The van der Waals surface area contributed by atoms with Crippen molar-refractivity contribution in [2.75, 3.05) is 5.01 Å². The normalized spacial score (nSPS) is 20.9. The molecule has 11 heteroatoms. The van der Waals surface area contributed by atoms with Crippen molar-refractivity contribution in [1.29, 1.82) is 0 Å². The van der Waals surface area contributed by atoms with Crippen LogP contribution in [0.4, 0.5) is 5.95 Å². The third-order valence-corrected chi connectivity index (χ3v) is 4.72. The van der Waals surface area contributed by atoms with Gasteiger partial charge in [0.1, 0.15) is 23.1 Å². The van der Waals surface area contributed by atoms with Crippen molar-refractivity contribution in [2.24, 2.45) is 21.7 Å². The third kappa shape index (κ3) is 2.75. The van der Waals surface area contributed by atoms with Crippen molar-refractivity contribution < 1.29 is 9.90 Å². The number of aryl methyl sites for hydroxylation is 2. The number of hydrogen-bond donors (Lipinski definition) is 3. The Balaban J connectivity index is 1.73. The number of anilines is 1. The highest BCUT2D eigenvalue weighted by molar-refractivity contribution is 6.41. The molecule has 2 aliphatic heterocycles. The van der Waals surface area contributed by atoms with E-state index in [1.807, 2.05) is 19.9 Å². The van der Waals surface area contributed by atoms with Gasteiger partial charge in [-0.2, -0.15) is 15.2 Å². The fraction of sp³-hybridized carbons (Fsp3) is 0.412. The van der Waals surface area contributed by atoms with Crippen LogP contribution in [0, 0.1) is 12.8 Å². The molecule has 4 heterocycles. The maximum atomic E-state index is 11.8. The smallest absolute Gasteiger partial charge is 0.266 e. The van der Waals surface area contributed by atoms with Gasteiger partial charge in [-0.05, 0) is 20.3 Å². The van der Waals surface area contributed by atoms with Gasteiger partial charge in [0, 0.05) is 18.5 Å². The van der Waals surface area contributed by atoms with Crippen molar-refractivity contribution in [1.82, 2.24) is 25.0 Å². The number of nitrogens with one attached hydrogen (secondary N) is 1. The fourth-order valence-corrected chi connectivity index (χ4v) is 3.43. The van der Waals surface area contributed by atoms with E-state index in [1.165, 1.54) is 5.01 Å². The van der Waals surface area contributed by atoms with Crippen LogP contribution in [0.3, 0.4) is 0 Å². The molecule has 4 rings (SSSR count). The number of H-pyrrole nitrogens is 1. The summed E-state index contributed by atoms with van der Waals surface area (Å²) in [5, 5.41) is 27.7. The maximum Gasteiger partial charge on any atom is 0.266 e. The number of fused-ring (bicyclic) bond motifs is 1. The van der Waals surface area contributed by atoms with Crippen LogP contribution >= 0.6 is 0 Å². The van der Waals surface area contributed by atoms with Crippen LogP contribution in [0.5, 0.6) is 5.75 Å². The minimum Gasteiger partial charge on any atom is -0.504 e. The fourth-order valence-electron chi connectivity index (χ4n) is 3.43. The Morgan fingerprint density at radius 2 is 2.18 bits per heavy atom. The molecule has 0 aliphatic carbocycles. The number of nitrogens with two attached hydrogens (primary N) is 1. The summed E-state index contributed by atoms with van der Waals surface area (Å²) in [6.45, 7) is 6.22. The zero-order valence-electron chi connectivity index (χ0n) is 15.8. The highest BCUT2D eigenvalue weighted by atomic mass is 16.3. The average molecular weight is 383 g/mol. The lowest BCUT2D eigenvalue weighted by Crippen LogP contribution is -2.38. The quantitative estimate of drug-likeness (QED) is 0.692.